The van der Waals surface area contributed by atoms with Crippen LogP contribution in [-0.2, 0) is 0 Å². The first-order chi connectivity index (χ1) is 10.4. The Bertz CT molecular complexity index is 741. The van der Waals surface area contributed by atoms with Crippen molar-refractivity contribution in [2.75, 3.05) is 5.75 Å². The molecule has 1 aromatic carbocycles. The molecule has 1 heterocycles. The van der Waals surface area contributed by atoms with Crippen LogP contribution in [0.15, 0.2) is 35.4 Å². The highest BCUT2D eigenvalue weighted by molar-refractivity contribution is 8.00. The first kappa shape index (κ1) is 16.2. The molecule has 0 unspecified atom stereocenters. The van der Waals surface area contributed by atoms with E-state index < -0.39 is 5.97 Å². The fourth-order valence-corrected chi connectivity index (χ4v) is 3.08. The van der Waals surface area contributed by atoms with Crippen molar-refractivity contribution >= 4 is 23.5 Å². The van der Waals surface area contributed by atoms with E-state index in [9.17, 15) is 14.7 Å². The largest absolute Gasteiger partial charge is 0.545 e. The van der Waals surface area contributed by atoms with E-state index in [-0.39, 0.29) is 17.1 Å². The van der Waals surface area contributed by atoms with E-state index >= 15 is 0 Å². The molecule has 0 radical (unpaired) electrons. The van der Waals surface area contributed by atoms with Crippen LogP contribution in [0.4, 0.5) is 0 Å². The molecule has 114 valence electrons. The van der Waals surface area contributed by atoms with Gasteiger partial charge in [0.1, 0.15) is 5.03 Å². The number of rotatable bonds is 5. The summed E-state index contributed by atoms with van der Waals surface area (Å²) in [6.07, 6.45) is 0. The fraction of sp³-hybridized carbons (Fsp3) is 0.235. The second-order valence-electron chi connectivity index (χ2n) is 5.12. The lowest BCUT2D eigenvalue weighted by Crippen LogP contribution is -2.23. The summed E-state index contributed by atoms with van der Waals surface area (Å²) in [5, 5.41) is 11.4. The molecular weight excluding hydrogens is 298 g/mol. The molecule has 1 aromatic heterocycles. The zero-order valence-corrected chi connectivity index (χ0v) is 13.5. The average molecular weight is 314 g/mol. The molecule has 0 bridgehead atoms. The van der Waals surface area contributed by atoms with Gasteiger partial charge in [0.15, 0.2) is 5.78 Å². The minimum atomic E-state index is -1.28. The molecule has 0 atom stereocenters. The zero-order chi connectivity index (χ0) is 16.3. The van der Waals surface area contributed by atoms with E-state index in [0.717, 1.165) is 22.9 Å². The van der Waals surface area contributed by atoms with Crippen molar-refractivity contribution in [2.45, 2.75) is 25.8 Å². The van der Waals surface area contributed by atoms with Gasteiger partial charge in [-0.05, 0) is 38.5 Å². The van der Waals surface area contributed by atoms with E-state index in [2.05, 4.69) is 4.98 Å². The quantitative estimate of drug-likeness (QED) is 0.626. The van der Waals surface area contributed by atoms with Crippen molar-refractivity contribution < 1.29 is 14.7 Å². The number of aromatic nitrogens is 1. The standard InChI is InChI=1S/C17H17NO3S/c1-10-4-6-13(11(2)8-10)15(19)9-22-16-14(17(20)21)7-5-12(3)18-16/h4-8H,9H2,1-3H3,(H,20,21)/p-1. The Kier molecular flexibility index (Phi) is 4.98. The number of Topliss-reactive ketones (excluding diaryl/α,β-unsaturated/α-hetero) is 1. The Balaban J connectivity index is 2.18. The highest BCUT2D eigenvalue weighted by Crippen LogP contribution is 2.22. The lowest BCUT2D eigenvalue weighted by molar-refractivity contribution is -0.255. The number of hydrogen-bond donors (Lipinski definition) is 0. The van der Waals surface area contributed by atoms with Crippen molar-refractivity contribution in [1.82, 2.24) is 4.98 Å². The van der Waals surface area contributed by atoms with Crippen molar-refractivity contribution in [3.8, 4) is 0 Å². The maximum absolute atomic E-state index is 12.3. The maximum atomic E-state index is 12.3. The van der Waals surface area contributed by atoms with Crippen molar-refractivity contribution in [2.24, 2.45) is 0 Å². The van der Waals surface area contributed by atoms with Crippen LogP contribution in [0, 0.1) is 20.8 Å². The van der Waals surface area contributed by atoms with Gasteiger partial charge < -0.3 is 9.90 Å². The summed E-state index contributed by atoms with van der Waals surface area (Å²) in [5.74, 6) is -1.19. The third kappa shape index (κ3) is 3.74. The van der Waals surface area contributed by atoms with Crippen LogP contribution in [-0.4, -0.2) is 22.5 Å². The number of ketones is 1. The third-order valence-electron chi connectivity index (χ3n) is 3.24. The van der Waals surface area contributed by atoms with Crippen LogP contribution in [0.25, 0.3) is 0 Å². The molecule has 0 aliphatic heterocycles. The lowest BCUT2D eigenvalue weighted by Gasteiger charge is -2.10. The maximum Gasteiger partial charge on any atom is 0.173 e. The second kappa shape index (κ2) is 6.75. The molecule has 2 rings (SSSR count). The van der Waals surface area contributed by atoms with Crippen LogP contribution in [0.1, 0.15) is 37.5 Å². The molecule has 0 fully saturated rings. The number of aryl methyl sites for hydroxylation is 3. The predicted octanol–water partition coefficient (Wildman–Crippen LogP) is 2.35. The molecule has 5 heteroatoms. The number of benzene rings is 1. The van der Waals surface area contributed by atoms with Gasteiger partial charge in [-0.2, -0.15) is 0 Å². The Morgan fingerprint density at radius 1 is 1.09 bits per heavy atom. The van der Waals surface area contributed by atoms with Crippen molar-refractivity contribution in [3.63, 3.8) is 0 Å². The van der Waals surface area contributed by atoms with Gasteiger partial charge >= 0.3 is 0 Å². The lowest BCUT2D eigenvalue weighted by atomic mass is 10.0. The molecule has 0 aliphatic carbocycles. The topological polar surface area (TPSA) is 70.1 Å². The van der Waals surface area contributed by atoms with Crippen LogP contribution in [0.3, 0.4) is 0 Å². The first-order valence-electron chi connectivity index (χ1n) is 6.80. The number of pyridine rings is 1. The number of hydrogen-bond acceptors (Lipinski definition) is 5. The summed E-state index contributed by atoms with van der Waals surface area (Å²) >= 11 is 1.12. The first-order valence-corrected chi connectivity index (χ1v) is 7.79. The van der Waals surface area contributed by atoms with Gasteiger partial charge in [0.25, 0.3) is 0 Å². The SMILES string of the molecule is Cc1ccc(C(=O)CSc2nc(C)ccc2C(=O)[O-])c(C)c1. The predicted molar refractivity (Wildman–Crippen MR) is 84.3 cm³/mol. The summed E-state index contributed by atoms with van der Waals surface area (Å²) in [4.78, 5) is 27.6. The van der Waals surface area contributed by atoms with Gasteiger partial charge in [0, 0.05) is 16.8 Å². The monoisotopic (exact) mass is 314 g/mol. The van der Waals surface area contributed by atoms with Crippen LogP contribution in [0.2, 0.25) is 0 Å². The smallest absolute Gasteiger partial charge is 0.173 e. The van der Waals surface area contributed by atoms with E-state index in [1.165, 1.54) is 6.07 Å². The molecule has 0 N–H and O–H groups in total. The van der Waals surface area contributed by atoms with Gasteiger partial charge in [0.2, 0.25) is 0 Å². The normalized spacial score (nSPS) is 10.5. The molecular formula is C17H16NO3S-. The number of nitrogens with zero attached hydrogens (tertiary/aromatic N) is 1. The second-order valence-corrected chi connectivity index (χ2v) is 6.09. The molecule has 0 saturated carbocycles. The number of aromatic carboxylic acids is 1. The van der Waals surface area contributed by atoms with Crippen LogP contribution >= 0.6 is 11.8 Å². The highest BCUT2D eigenvalue weighted by atomic mass is 32.2. The Morgan fingerprint density at radius 2 is 1.77 bits per heavy atom. The number of carboxylic acid groups (broad SMARTS) is 1. The fourth-order valence-electron chi connectivity index (χ4n) is 2.14. The summed E-state index contributed by atoms with van der Waals surface area (Å²) in [5.41, 5.74) is 3.39. The van der Waals surface area contributed by atoms with Gasteiger partial charge in [-0.3, -0.25) is 4.79 Å². The molecule has 0 saturated heterocycles. The number of thioether (sulfide) groups is 1. The summed E-state index contributed by atoms with van der Waals surface area (Å²) in [7, 11) is 0. The van der Waals surface area contributed by atoms with E-state index in [1.54, 1.807) is 19.1 Å². The summed E-state index contributed by atoms with van der Waals surface area (Å²) < 4.78 is 0. The van der Waals surface area contributed by atoms with Gasteiger partial charge in [0.05, 0.1) is 11.7 Å². The molecule has 2 aromatic rings. The van der Waals surface area contributed by atoms with Crippen LogP contribution < -0.4 is 5.11 Å². The van der Waals surface area contributed by atoms with E-state index in [0.29, 0.717) is 16.3 Å². The molecule has 4 nitrogen and oxygen atoms in total. The van der Waals surface area contributed by atoms with Gasteiger partial charge in [-0.1, -0.05) is 35.5 Å². The minimum absolute atomic E-state index is 0.0176. The van der Waals surface area contributed by atoms with E-state index in [4.69, 9.17) is 0 Å². The molecule has 0 spiro atoms. The molecule has 22 heavy (non-hydrogen) atoms. The molecule has 0 aliphatic rings. The van der Waals surface area contributed by atoms with Crippen LogP contribution in [0.5, 0.6) is 0 Å². The van der Waals surface area contributed by atoms with Gasteiger partial charge in [-0.25, -0.2) is 4.98 Å². The summed E-state index contributed by atoms with van der Waals surface area (Å²) in [6.45, 7) is 5.64. The number of carboxylic acids is 1. The Labute approximate surface area is 133 Å². The molecule has 0 amide bonds. The minimum Gasteiger partial charge on any atom is -0.545 e. The Morgan fingerprint density at radius 3 is 2.41 bits per heavy atom. The zero-order valence-electron chi connectivity index (χ0n) is 12.7. The summed E-state index contributed by atoms with van der Waals surface area (Å²) in [6, 6.07) is 8.72. The number of carbonyl (C=O) groups excluding carboxylic acids is 2. The van der Waals surface area contributed by atoms with Gasteiger partial charge in [-0.15, -0.1) is 0 Å². The average Bonchev–Trinajstić information content (AvgIpc) is 2.44. The van der Waals surface area contributed by atoms with Crippen molar-refractivity contribution in [3.05, 3.63) is 58.3 Å². The third-order valence-corrected chi connectivity index (χ3v) is 4.23. The highest BCUT2D eigenvalue weighted by Gasteiger charge is 2.13. The van der Waals surface area contributed by atoms with Crippen molar-refractivity contribution in [1.29, 1.82) is 0 Å². The Hall–Kier alpha value is -2.14. The number of carbonyl (C=O) groups is 2. The van der Waals surface area contributed by atoms with E-state index in [1.807, 2.05) is 26.0 Å².